The van der Waals surface area contributed by atoms with Gasteiger partial charge in [0.15, 0.2) is 0 Å². The lowest BCUT2D eigenvalue weighted by Gasteiger charge is -2.35. The Labute approximate surface area is 161 Å². The van der Waals surface area contributed by atoms with Gasteiger partial charge in [0.1, 0.15) is 22.3 Å². The zero-order chi connectivity index (χ0) is 20.6. The van der Waals surface area contributed by atoms with E-state index in [2.05, 4.69) is 6.58 Å². The Hall–Kier alpha value is -3.55. The van der Waals surface area contributed by atoms with Gasteiger partial charge in [0.05, 0.1) is 14.2 Å². The summed E-state index contributed by atoms with van der Waals surface area (Å²) in [7, 11) is 2.34. The molecule has 0 bridgehead atoms. The van der Waals surface area contributed by atoms with E-state index in [9.17, 15) is 14.4 Å². The number of anilines is 1. The minimum absolute atomic E-state index is 0.0700. The Kier molecular flexibility index (Phi) is 4.72. The molecule has 2 heterocycles. The molecule has 2 aliphatic rings. The zero-order valence-electron chi connectivity index (χ0n) is 15.8. The molecule has 8 heteroatoms. The summed E-state index contributed by atoms with van der Waals surface area (Å²) in [5, 5.41) is 0. The van der Waals surface area contributed by atoms with Gasteiger partial charge in [-0.25, -0.2) is 9.59 Å². The number of carbonyl (C=O) groups is 3. The van der Waals surface area contributed by atoms with E-state index in [0.717, 1.165) is 7.11 Å². The van der Waals surface area contributed by atoms with Gasteiger partial charge in [0.2, 0.25) is 11.8 Å². The number of ether oxygens (including phenoxy) is 3. The standard InChI is InChI=1S/C20H20N2O6/c1-5-10-22-13-9-7-6-8-12(13)20(19(22)25)14(17(23)26-3)11(2)28-16(21)15(20)18(24)27-4/h5-9H,1,10,21H2,2-4H3. The number of para-hydroxylation sites is 1. The van der Waals surface area contributed by atoms with Crippen molar-refractivity contribution in [3.63, 3.8) is 0 Å². The molecule has 0 radical (unpaired) electrons. The smallest absolute Gasteiger partial charge is 0.340 e. The van der Waals surface area contributed by atoms with Crippen LogP contribution in [-0.2, 0) is 34.0 Å². The predicted octanol–water partition coefficient (Wildman–Crippen LogP) is 1.28. The van der Waals surface area contributed by atoms with Crippen LogP contribution in [0.4, 0.5) is 5.69 Å². The molecule has 8 nitrogen and oxygen atoms in total. The molecule has 1 atom stereocenters. The number of nitrogens with two attached hydrogens (primary N) is 1. The highest BCUT2D eigenvalue weighted by atomic mass is 16.5. The first-order valence-corrected chi connectivity index (χ1v) is 8.44. The minimum Gasteiger partial charge on any atom is -0.466 e. The average Bonchev–Trinajstić information content (AvgIpc) is 2.91. The van der Waals surface area contributed by atoms with Crippen molar-refractivity contribution in [1.82, 2.24) is 0 Å². The summed E-state index contributed by atoms with van der Waals surface area (Å²) in [6, 6.07) is 6.83. The van der Waals surface area contributed by atoms with Gasteiger partial charge < -0.3 is 24.8 Å². The molecule has 0 fully saturated rings. The largest absolute Gasteiger partial charge is 0.466 e. The van der Waals surface area contributed by atoms with Gasteiger partial charge in [-0.05, 0) is 13.0 Å². The van der Waals surface area contributed by atoms with Crippen LogP contribution in [-0.4, -0.2) is 38.6 Å². The number of hydrogen-bond donors (Lipinski definition) is 1. The summed E-state index contributed by atoms with van der Waals surface area (Å²) in [5.41, 5.74) is 4.74. The van der Waals surface area contributed by atoms with Crippen molar-refractivity contribution in [2.24, 2.45) is 5.73 Å². The maximum absolute atomic E-state index is 13.8. The number of allylic oxidation sites excluding steroid dienone is 1. The molecule has 2 aliphatic heterocycles. The van der Waals surface area contributed by atoms with Gasteiger partial charge in [-0.1, -0.05) is 24.3 Å². The maximum atomic E-state index is 13.8. The first kappa shape index (κ1) is 19.2. The lowest BCUT2D eigenvalue weighted by molar-refractivity contribution is -0.141. The van der Waals surface area contributed by atoms with Crippen molar-refractivity contribution in [2.45, 2.75) is 12.3 Å². The van der Waals surface area contributed by atoms with Gasteiger partial charge in [0, 0.05) is 17.8 Å². The molecule has 1 aromatic carbocycles. The third-order valence-corrected chi connectivity index (χ3v) is 4.87. The highest BCUT2D eigenvalue weighted by Crippen LogP contribution is 2.54. The summed E-state index contributed by atoms with van der Waals surface area (Å²) in [6.45, 7) is 5.34. The highest BCUT2D eigenvalue weighted by molar-refractivity contribution is 6.22. The first-order valence-electron chi connectivity index (χ1n) is 8.44. The van der Waals surface area contributed by atoms with Crippen molar-refractivity contribution in [1.29, 1.82) is 0 Å². The van der Waals surface area contributed by atoms with E-state index >= 15 is 0 Å². The minimum atomic E-state index is -1.84. The topological polar surface area (TPSA) is 108 Å². The van der Waals surface area contributed by atoms with Gasteiger partial charge in [-0.15, -0.1) is 6.58 Å². The molecular formula is C20H20N2O6. The Morgan fingerprint density at radius 3 is 2.43 bits per heavy atom. The van der Waals surface area contributed by atoms with Crippen LogP contribution in [0.1, 0.15) is 12.5 Å². The van der Waals surface area contributed by atoms with Crippen LogP contribution >= 0.6 is 0 Å². The number of hydrogen-bond acceptors (Lipinski definition) is 7. The number of methoxy groups -OCH3 is 2. The second-order valence-electron chi connectivity index (χ2n) is 6.23. The van der Waals surface area contributed by atoms with E-state index in [4.69, 9.17) is 19.9 Å². The van der Waals surface area contributed by atoms with Crippen molar-refractivity contribution in [2.75, 3.05) is 25.7 Å². The monoisotopic (exact) mass is 384 g/mol. The van der Waals surface area contributed by atoms with E-state index in [-0.39, 0.29) is 29.3 Å². The lowest BCUT2D eigenvalue weighted by atomic mass is 9.67. The zero-order valence-corrected chi connectivity index (χ0v) is 15.8. The molecule has 3 rings (SSSR count). The Morgan fingerprint density at radius 2 is 1.82 bits per heavy atom. The maximum Gasteiger partial charge on any atom is 0.340 e. The summed E-state index contributed by atoms with van der Waals surface area (Å²) < 4.78 is 15.2. The van der Waals surface area contributed by atoms with E-state index < -0.39 is 23.3 Å². The Morgan fingerprint density at radius 1 is 1.21 bits per heavy atom. The highest BCUT2D eigenvalue weighted by Gasteiger charge is 2.63. The molecule has 28 heavy (non-hydrogen) atoms. The summed E-state index contributed by atoms with van der Waals surface area (Å²) in [4.78, 5) is 40.7. The van der Waals surface area contributed by atoms with E-state index in [1.165, 1.54) is 18.9 Å². The molecular weight excluding hydrogens is 364 g/mol. The van der Waals surface area contributed by atoms with E-state index in [1.54, 1.807) is 30.3 Å². The van der Waals surface area contributed by atoms with Crippen LogP contribution in [0.15, 0.2) is 59.7 Å². The lowest BCUT2D eigenvalue weighted by Crippen LogP contribution is -2.50. The second-order valence-corrected chi connectivity index (χ2v) is 6.23. The Balaban J connectivity index is 2.47. The quantitative estimate of drug-likeness (QED) is 0.615. The van der Waals surface area contributed by atoms with Crippen LogP contribution < -0.4 is 10.6 Å². The molecule has 0 aliphatic carbocycles. The summed E-state index contributed by atoms with van der Waals surface area (Å²) in [5.74, 6) is -2.47. The molecule has 1 aromatic rings. The third kappa shape index (κ3) is 2.34. The van der Waals surface area contributed by atoms with Crippen LogP contribution in [0, 0.1) is 0 Å². The fourth-order valence-corrected chi connectivity index (χ4v) is 3.84. The SMILES string of the molecule is C=CCN1C(=O)C2(C(C(=O)OC)=C(C)OC(N)=C2C(=O)OC)c2ccccc21. The molecule has 1 amide bonds. The molecule has 0 saturated heterocycles. The molecule has 0 saturated carbocycles. The molecule has 1 unspecified atom stereocenters. The first-order chi connectivity index (χ1) is 13.4. The van der Waals surface area contributed by atoms with Crippen LogP contribution in [0.5, 0.6) is 0 Å². The fraction of sp³-hybridized carbons (Fsp3) is 0.250. The van der Waals surface area contributed by atoms with Crippen molar-refractivity contribution in [3.05, 3.63) is 65.3 Å². The van der Waals surface area contributed by atoms with Gasteiger partial charge >= 0.3 is 11.9 Å². The molecule has 0 aromatic heterocycles. The van der Waals surface area contributed by atoms with E-state index in [1.807, 2.05) is 0 Å². The summed E-state index contributed by atoms with van der Waals surface area (Å²) in [6.07, 6.45) is 1.55. The second kappa shape index (κ2) is 6.88. The van der Waals surface area contributed by atoms with Crippen molar-refractivity contribution >= 4 is 23.5 Å². The number of benzene rings is 1. The number of nitrogens with zero attached hydrogens (tertiary/aromatic N) is 1. The average molecular weight is 384 g/mol. The van der Waals surface area contributed by atoms with Crippen molar-refractivity contribution < 1.29 is 28.6 Å². The van der Waals surface area contributed by atoms with Crippen LogP contribution in [0.25, 0.3) is 0 Å². The number of carbonyl (C=O) groups excluding carboxylic acids is 3. The van der Waals surface area contributed by atoms with Crippen LogP contribution in [0.2, 0.25) is 0 Å². The molecule has 1 spiro atoms. The molecule has 146 valence electrons. The summed E-state index contributed by atoms with van der Waals surface area (Å²) >= 11 is 0. The number of amides is 1. The number of esters is 2. The van der Waals surface area contributed by atoms with Crippen LogP contribution in [0.3, 0.4) is 0 Å². The molecule has 2 N–H and O–H groups in total. The number of fused-ring (bicyclic) bond motifs is 2. The number of rotatable bonds is 4. The van der Waals surface area contributed by atoms with Gasteiger partial charge in [-0.2, -0.15) is 0 Å². The van der Waals surface area contributed by atoms with Crippen molar-refractivity contribution in [3.8, 4) is 0 Å². The Bertz CT molecular complexity index is 921. The normalized spacial score (nSPS) is 20.8. The van der Waals surface area contributed by atoms with Gasteiger partial charge in [-0.3, -0.25) is 4.79 Å². The van der Waals surface area contributed by atoms with E-state index in [0.29, 0.717) is 11.3 Å². The van der Waals surface area contributed by atoms with Gasteiger partial charge in [0.25, 0.3) is 0 Å². The predicted molar refractivity (Wildman–Crippen MR) is 99.7 cm³/mol. The fourth-order valence-electron chi connectivity index (χ4n) is 3.84. The third-order valence-electron chi connectivity index (χ3n) is 4.87.